The molecule has 40 heteroatoms. The van der Waals surface area contributed by atoms with Crippen LogP contribution in [0, 0.1) is 0 Å². The summed E-state index contributed by atoms with van der Waals surface area (Å²) in [7, 11) is 0. The Morgan fingerprint density at radius 1 is 0.495 bits per heavy atom. The van der Waals surface area contributed by atoms with Gasteiger partial charge in [0.15, 0.2) is 25.0 Å². The third-order valence-corrected chi connectivity index (χ3v) is 14.8. The van der Waals surface area contributed by atoms with Crippen LogP contribution in [0.3, 0.4) is 0 Å². The molecule has 3 fully saturated rings. The second kappa shape index (κ2) is 38.1. The predicted molar refractivity (Wildman–Crippen MR) is 302 cm³/mol. The van der Waals surface area contributed by atoms with E-state index < -0.39 is 264 Å². The van der Waals surface area contributed by atoms with E-state index in [2.05, 4.69) is 37.2 Å². The number of amides is 7. The lowest BCUT2D eigenvalue weighted by Crippen LogP contribution is -2.72. The maximum atomic E-state index is 13.8. The van der Waals surface area contributed by atoms with Crippen LogP contribution < -0.4 is 43.0 Å². The number of rotatable bonds is 38. The Bertz CT molecular complexity index is 2530. The van der Waals surface area contributed by atoms with Crippen molar-refractivity contribution in [2.75, 3.05) is 33.0 Å². The zero-order chi connectivity index (χ0) is 70.5. The van der Waals surface area contributed by atoms with Crippen LogP contribution in [0.5, 0.6) is 0 Å². The van der Waals surface area contributed by atoms with Gasteiger partial charge in [-0.15, -0.1) is 0 Å². The van der Waals surface area contributed by atoms with Crippen molar-refractivity contribution in [1.29, 1.82) is 0 Å². The number of carbonyl (C=O) groups is 11. The van der Waals surface area contributed by atoms with Crippen molar-refractivity contribution in [2.24, 2.45) is 5.73 Å². The second-order valence-corrected chi connectivity index (χ2v) is 22.2. The maximum Gasteiger partial charge on any atom is 0.332 e. The Hall–Kier alpha value is -6.55. The molecule has 25 unspecified atom stereocenters. The molecule has 25 atom stereocenters. The highest BCUT2D eigenvalue weighted by Crippen LogP contribution is 2.35. The third kappa shape index (κ3) is 23.7. The molecule has 7 amide bonds. The number of nitrogens with one attached hydrogen (secondary N) is 7. The van der Waals surface area contributed by atoms with E-state index in [0.29, 0.717) is 0 Å². The zero-order valence-electron chi connectivity index (χ0n) is 51.7. The van der Waals surface area contributed by atoms with Gasteiger partial charge in [-0.2, -0.15) is 0 Å². The summed E-state index contributed by atoms with van der Waals surface area (Å²) >= 11 is 0. The first-order valence-electron chi connectivity index (χ1n) is 29.2. The normalized spacial score (nSPS) is 29.5. The molecular weight excluding hydrogens is 1260 g/mol. The highest BCUT2D eigenvalue weighted by molar-refractivity contribution is 5.91. The van der Waals surface area contributed by atoms with Gasteiger partial charge in [0.1, 0.15) is 122 Å². The summed E-state index contributed by atoms with van der Waals surface area (Å²) in [6, 6.07) is -13.3. The van der Waals surface area contributed by atoms with Gasteiger partial charge in [0.05, 0.1) is 39.1 Å². The minimum Gasteiger partial charge on any atom is -0.480 e. The summed E-state index contributed by atoms with van der Waals surface area (Å²) in [5, 5.41) is 153. The van der Waals surface area contributed by atoms with Crippen LogP contribution in [0.25, 0.3) is 0 Å². The molecule has 93 heavy (non-hydrogen) atoms. The monoisotopic (exact) mass is 1350 g/mol. The zero-order valence-corrected chi connectivity index (χ0v) is 51.7. The molecule has 0 aliphatic carbocycles. The molecule has 532 valence electrons. The molecule has 3 heterocycles. The first kappa shape index (κ1) is 80.7. The summed E-state index contributed by atoms with van der Waals surface area (Å²) in [6.45, 7) is 1.62. The number of hydrogen-bond donors (Lipinski definition) is 21. The fourth-order valence-electron chi connectivity index (χ4n) is 10.1. The average Bonchev–Trinajstić information content (AvgIpc) is 0.790. The summed E-state index contributed by atoms with van der Waals surface area (Å²) in [6.07, 6.45) is -34.5. The van der Waals surface area contributed by atoms with E-state index in [1.54, 1.807) is 0 Å². The second-order valence-electron chi connectivity index (χ2n) is 22.2. The number of aliphatic carboxylic acids is 4. The van der Waals surface area contributed by atoms with Gasteiger partial charge in [-0.3, -0.25) is 38.4 Å². The van der Waals surface area contributed by atoms with E-state index in [-0.39, 0.29) is 19.3 Å². The Morgan fingerprint density at radius 3 is 1.51 bits per heavy atom. The van der Waals surface area contributed by atoms with E-state index in [0.717, 1.165) is 48.5 Å². The largest absolute Gasteiger partial charge is 0.480 e. The van der Waals surface area contributed by atoms with Crippen molar-refractivity contribution in [3.63, 3.8) is 0 Å². The maximum absolute atomic E-state index is 13.8. The van der Waals surface area contributed by atoms with Crippen molar-refractivity contribution < 1.29 is 157 Å². The molecule has 3 rings (SSSR count). The highest BCUT2D eigenvalue weighted by atomic mass is 16.8. The van der Waals surface area contributed by atoms with Crippen molar-refractivity contribution >= 4 is 65.2 Å². The minimum atomic E-state index is -2.20. The van der Waals surface area contributed by atoms with Gasteiger partial charge in [0.25, 0.3) is 0 Å². The van der Waals surface area contributed by atoms with E-state index >= 15 is 0 Å². The van der Waals surface area contributed by atoms with Gasteiger partial charge >= 0.3 is 23.9 Å². The van der Waals surface area contributed by atoms with Crippen LogP contribution in [0.4, 0.5) is 0 Å². The summed E-state index contributed by atoms with van der Waals surface area (Å²) in [4.78, 5) is 138. The number of carbonyl (C=O) groups excluding carboxylic acids is 7. The number of hydrogen-bond acceptors (Lipinski definition) is 29. The first-order chi connectivity index (χ1) is 43.5. The Balaban J connectivity index is 1.99. The van der Waals surface area contributed by atoms with Gasteiger partial charge in [0.2, 0.25) is 41.4 Å². The van der Waals surface area contributed by atoms with E-state index in [1.807, 2.05) is 0 Å². The standard InChI is InChI=1S/C53H88N8O32/c1-18(45(76)61-27(50(84)85)11-12-33(72)60-26(49(82)83)10-8-9-25(54)48(80)81)55-46(77)19(2)86-40(28(13-62)56-21(4)67)41(29(71)14-63)91-52-35(58-23(6)69)39(75)42(31(16-65)89-52)92-53-36(59-24(7)70)44(87-20(3)47(78)79)43(32(17-66)90-53)93-51-34(57-22(5)68)38(74)37(73)30(15-64)88-51/h18-20,25-32,34-44,51-53,62-66,71,73-75H,8-17,54H2,1-7H3,(H,55,77)(H,56,67)(H,57,68)(H,58,69)(H,59,70)(H,60,72)(H,61,76)(H,78,79)(H,80,81)(H,82,83)(H,84,85). The Labute approximate surface area is 530 Å². The minimum absolute atomic E-state index is 0.0211. The Kier molecular flexibility index (Phi) is 33.1. The fraction of sp³-hybridized carbons (Fsp3) is 0.792. The van der Waals surface area contributed by atoms with Crippen molar-refractivity contribution in [2.45, 2.75) is 233 Å². The van der Waals surface area contributed by atoms with Crippen molar-refractivity contribution in [3.8, 4) is 0 Å². The Morgan fingerprint density at radius 2 is 1.00 bits per heavy atom. The molecule has 3 saturated heterocycles. The highest BCUT2D eigenvalue weighted by Gasteiger charge is 2.57. The molecule has 40 nitrogen and oxygen atoms in total. The molecule has 22 N–H and O–H groups in total. The number of aliphatic hydroxyl groups excluding tert-OH is 9. The molecule has 3 aliphatic heterocycles. The van der Waals surface area contributed by atoms with Crippen LogP contribution in [-0.4, -0.2) is 317 Å². The lowest BCUT2D eigenvalue weighted by Gasteiger charge is -2.51. The molecule has 0 aromatic carbocycles. The molecule has 0 radical (unpaired) electrons. The van der Waals surface area contributed by atoms with Crippen LogP contribution >= 0.6 is 0 Å². The van der Waals surface area contributed by atoms with Crippen LogP contribution in [0.2, 0.25) is 0 Å². The smallest absolute Gasteiger partial charge is 0.332 e. The van der Waals surface area contributed by atoms with Crippen LogP contribution in [0.15, 0.2) is 0 Å². The van der Waals surface area contributed by atoms with Crippen LogP contribution in [0.1, 0.15) is 80.6 Å². The lowest BCUT2D eigenvalue weighted by molar-refractivity contribution is -0.361. The summed E-state index contributed by atoms with van der Waals surface area (Å²) in [5.41, 5.74) is 5.44. The first-order valence-corrected chi connectivity index (χ1v) is 29.2. The number of carboxylic acid groups (broad SMARTS) is 4. The molecule has 0 aromatic heterocycles. The molecule has 3 aliphatic rings. The van der Waals surface area contributed by atoms with Gasteiger partial charge < -0.3 is 147 Å². The van der Waals surface area contributed by atoms with Gasteiger partial charge in [-0.1, -0.05) is 0 Å². The number of nitrogens with two attached hydrogens (primary N) is 1. The van der Waals surface area contributed by atoms with Gasteiger partial charge in [-0.05, 0) is 46.5 Å². The van der Waals surface area contributed by atoms with Crippen LogP contribution in [-0.2, 0) is 90.6 Å². The molecule has 0 bridgehead atoms. The number of aliphatic hydroxyl groups is 9. The summed E-state index contributed by atoms with van der Waals surface area (Å²) < 4.78 is 48.3. The lowest BCUT2D eigenvalue weighted by atomic mass is 9.93. The number of carboxylic acids is 4. The molecule has 0 spiro atoms. The van der Waals surface area contributed by atoms with E-state index in [1.165, 1.54) is 0 Å². The van der Waals surface area contributed by atoms with Gasteiger partial charge in [0, 0.05) is 34.1 Å². The fourth-order valence-corrected chi connectivity index (χ4v) is 10.1. The SMILES string of the molecule is CC(=O)NC(CO)C(OC(C)C(=O)NC(C)C(=O)NC(CCC(=O)NC(CCCC(N)C(=O)O)C(=O)O)C(=O)O)C(OC1OC(CO)C(OC2OC(CO)C(OC3OC(CO)C(O)C(O)C3NC(C)=O)C(OC(C)C(=O)O)C2NC(C)=O)C(O)C1NC(C)=O)C(O)CO. The molecule has 0 aromatic rings. The van der Waals surface area contributed by atoms with E-state index in [9.17, 15) is 114 Å². The summed E-state index contributed by atoms with van der Waals surface area (Å²) in [5.74, 6) is -12.9. The molecule has 0 saturated carbocycles. The predicted octanol–water partition coefficient (Wildman–Crippen LogP) is -10.6. The third-order valence-electron chi connectivity index (χ3n) is 14.8. The topological polar surface area (TPSA) is 635 Å². The number of ether oxygens (including phenoxy) is 8. The van der Waals surface area contributed by atoms with Crippen molar-refractivity contribution in [3.05, 3.63) is 0 Å². The quantitative estimate of drug-likeness (QED) is 0.0273. The average molecular weight is 1350 g/mol. The van der Waals surface area contributed by atoms with Gasteiger partial charge in [-0.25, -0.2) is 14.4 Å². The van der Waals surface area contributed by atoms with Crippen molar-refractivity contribution in [1.82, 2.24) is 37.2 Å². The molecular formula is C53H88N8O32. The van der Waals surface area contributed by atoms with E-state index in [4.69, 9.17) is 48.7 Å².